The van der Waals surface area contributed by atoms with Gasteiger partial charge in [0.2, 0.25) is 0 Å². The highest BCUT2D eigenvalue weighted by Crippen LogP contribution is 2.55. The zero-order valence-electron chi connectivity index (χ0n) is 19.5. The number of carbonyl (C=O) groups excluding carboxylic acids is 1. The van der Waals surface area contributed by atoms with Gasteiger partial charge in [0.25, 0.3) is 15.9 Å². The van der Waals surface area contributed by atoms with Crippen LogP contribution in [0.4, 0.5) is 0 Å². The molecule has 1 aromatic heterocycles. The molecular formula is C25H25ClN2O6S2. The number of amides is 1. The van der Waals surface area contributed by atoms with Gasteiger partial charge in [0.1, 0.15) is 15.5 Å². The van der Waals surface area contributed by atoms with Crippen LogP contribution >= 0.6 is 22.9 Å². The molecule has 0 aliphatic heterocycles. The van der Waals surface area contributed by atoms with Crippen molar-refractivity contribution in [3.8, 4) is 16.2 Å². The molecule has 3 N–H and O–H groups in total. The maximum absolute atomic E-state index is 13.2. The Morgan fingerprint density at radius 2 is 1.83 bits per heavy atom. The quantitative estimate of drug-likeness (QED) is 0.348. The summed E-state index contributed by atoms with van der Waals surface area (Å²) in [4.78, 5) is 25.0. The van der Waals surface area contributed by atoms with Crippen molar-refractivity contribution in [2.75, 3.05) is 6.61 Å². The number of thiophene rings is 1. The highest BCUT2D eigenvalue weighted by Gasteiger charge is 2.64. The van der Waals surface area contributed by atoms with Crippen LogP contribution in [-0.2, 0) is 19.6 Å². The van der Waals surface area contributed by atoms with E-state index in [1.54, 1.807) is 54.6 Å². The summed E-state index contributed by atoms with van der Waals surface area (Å²) in [6, 6.07) is 16.8. The van der Waals surface area contributed by atoms with Crippen LogP contribution in [0.5, 0.6) is 5.75 Å². The number of halogens is 1. The lowest BCUT2D eigenvalue weighted by molar-refractivity contribution is -0.140. The van der Waals surface area contributed by atoms with Gasteiger partial charge in [0.05, 0.1) is 0 Å². The number of aliphatic carboxylic acids is 1. The molecule has 4 rings (SSSR count). The minimum absolute atomic E-state index is 0.00798. The molecule has 1 saturated carbocycles. The van der Waals surface area contributed by atoms with Gasteiger partial charge in [-0.2, -0.15) is 4.72 Å². The Morgan fingerprint density at radius 1 is 1.14 bits per heavy atom. The van der Waals surface area contributed by atoms with E-state index in [9.17, 15) is 23.1 Å². The first-order chi connectivity index (χ1) is 17.0. The van der Waals surface area contributed by atoms with Crippen LogP contribution in [-0.4, -0.2) is 43.6 Å². The van der Waals surface area contributed by atoms with Crippen LogP contribution < -0.4 is 14.8 Å². The van der Waals surface area contributed by atoms with Crippen LogP contribution in [0.1, 0.15) is 31.7 Å². The lowest BCUT2D eigenvalue weighted by Crippen LogP contribution is -2.44. The maximum Gasteiger partial charge on any atom is 0.325 e. The molecule has 1 fully saturated rings. The van der Waals surface area contributed by atoms with E-state index >= 15 is 0 Å². The first-order valence-corrected chi connectivity index (χ1v) is 13.8. The monoisotopic (exact) mass is 548 g/mol. The van der Waals surface area contributed by atoms with E-state index in [4.69, 9.17) is 16.3 Å². The molecule has 190 valence electrons. The summed E-state index contributed by atoms with van der Waals surface area (Å²) >= 11 is 6.97. The first-order valence-electron chi connectivity index (χ1n) is 11.2. The molecule has 0 spiro atoms. The number of rotatable bonds is 10. The van der Waals surface area contributed by atoms with Gasteiger partial charge >= 0.3 is 5.97 Å². The average Bonchev–Trinajstić information content (AvgIpc) is 3.30. The molecule has 0 unspecified atom stereocenters. The predicted octanol–water partition coefficient (Wildman–Crippen LogP) is 4.26. The van der Waals surface area contributed by atoms with Crippen molar-refractivity contribution < 1.29 is 27.9 Å². The smallest absolute Gasteiger partial charge is 0.325 e. The van der Waals surface area contributed by atoms with E-state index in [1.807, 2.05) is 13.8 Å². The molecule has 0 saturated heterocycles. The van der Waals surface area contributed by atoms with Gasteiger partial charge in [0, 0.05) is 21.9 Å². The maximum atomic E-state index is 13.2. The Bertz CT molecular complexity index is 1390. The molecular weight excluding hydrogens is 524 g/mol. The second kappa shape index (κ2) is 10.2. The van der Waals surface area contributed by atoms with Crippen molar-refractivity contribution in [1.29, 1.82) is 0 Å². The van der Waals surface area contributed by atoms with Gasteiger partial charge in [-0.05, 0) is 61.7 Å². The molecule has 1 aliphatic carbocycles. The van der Waals surface area contributed by atoms with E-state index in [1.165, 1.54) is 6.07 Å². The van der Waals surface area contributed by atoms with Crippen molar-refractivity contribution in [1.82, 2.24) is 10.0 Å². The number of carboxylic acid groups (broad SMARTS) is 1. The van der Waals surface area contributed by atoms with Crippen molar-refractivity contribution in [2.24, 2.45) is 0 Å². The number of nitrogens with one attached hydrogen (secondary N) is 2. The van der Waals surface area contributed by atoms with Crippen LogP contribution in [0.25, 0.3) is 10.4 Å². The van der Waals surface area contributed by atoms with Crippen LogP contribution in [0.2, 0.25) is 5.02 Å². The minimum Gasteiger partial charge on any atom is -0.483 e. The van der Waals surface area contributed by atoms with Gasteiger partial charge in [0.15, 0.2) is 6.61 Å². The van der Waals surface area contributed by atoms with Gasteiger partial charge in [-0.1, -0.05) is 41.9 Å². The predicted molar refractivity (Wildman–Crippen MR) is 138 cm³/mol. The number of carboxylic acids is 1. The van der Waals surface area contributed by atoms with Crippen molar-refractivity contribution in [3.63, 3.8) is 0 Å². The van der Waals surface area contributed by atoms with Crippen LogP contribution in [0, 0.1) is 0 Å². The molecule has 11 heteroatoms. The fourth-order valence-electron chi connectivity index (χ4n) is 3.96. The Hall–Kier alpha value is -2.92. The number of hydrogen-bond donors (Lipinski definition) is 3. The molecule has 1 aliphatic rings. The Kier molecular flexibility index (Phi) is 7.42. The van der Waals surface area contributed by atoms with E-state index in [-0.39, 0.29) is 29.2 Å². The fraction of sp³-hybridized carbons (Fsp3) is 0.280. The molecule has 1 heterocycles. The highest BCUT2D eigenvalue weighted by molar-refractivity contribution is 7.91. The summed E-state index contributed by atoms with van der Waals surface area (Å²) in [7, 11) is -4.13. The number of hydrogen-bond acceptors (Lipinski definition) is 6. The first kappa shape index (κ1) is 26.2. The van der Waals surface area contributed by atoms with Crippen molar-refractivity contribution >= 4 is 44.8 Å². The van der Waals surface area contributed by atoms with E-state index < -0.39 is 27.4 Å². The molecule has 8 nitrogen and oxygen atoms in total. The summed E-state index contributed by atoms with van der Waals surface area (Å²) in [5.74, 6) is -1.91. The third-order valence-electron chi connectivity index (χ3n) is 5.74. The summed E-state index contributed by atoms with van der Waals surface area (Å²) in [5.41, 5.74) is -0.397. The number of benzene rings is 2. The van der Waals surface area contributed by atoms with Crippen molar-refractivity contribution in [2.45, 2.75) is 42.0 Å². The third-order valence-corrected chi connectivity index (χ3v) is 9.12. The molecule has 36 heavy (non-hydrogen) atoms. The van der Waals surface area contributed by atoms with Crippen LogP contribution in [0.3, 0.4) is 0 Å². The Labute approximate surface area is 218 Å². The zero-order chi connectivity index (χ0) is 26.1. The fourth-order valence-corrected chi connectivity index (χ4v) is 6.80. The second-order valence-electron chi connectivity index (χ2n) is 8.81. The van der Waals surface area contributed by atoms with Crippen molar-refractivity contribution in [3.05, 3.63) is 71.2 Å². The molecule has 2 aromatic carbocycles. The van der Waals surface area contributed by atoms with Gasteiger partial charge in [-0.3, -0.25) is 9.59 Å². The number of para-hydroxylation sites is 1. The summed E-state index contributed by atoms with van der Waals surface area (Å²) in [5, 5.41) is 13.3. The summed E-state index contributed by atoms with van der Waals surface area (Å²) in [6.07, 6.45) is 0.0511. The number of ether oxygens (including phenoxy) is 1. The summed E-state index contributed by atoms with van der Waals surface area (Å²) in [6.45, 7) is 3.42. The van der Waals surface area contributed by atoms with Gasteiger partial charge < -0.3 is 15.2 Å². The largest absolute Gasteiger partial charge is 0.483 e. The topological polar surface area (TPSA) is 122 Å². The number of carbonyl (C=O) groups is 2. The Balaban J connectivity index is 1.54. The van der Waals surface area contributed by atoms with E-state index in [0.717, 1.165) is 16.9 Å². The highest BCUT2D eigenvalue weighted by atomic mass is 35.5. The molecule has 3 aromatic rings. The number of sulfonamides is 1. The molecule has 2 atom stereocenters. The average molecular weight is 549 g/mol. The van der Waals surface area contributed by atoms with E-state index in [0.29, 0.717) is 21.2 Å². The molecule has 0 bridgehead atoms. The second-order valence-corrected chi connectivity index (χ2v) is 12.2. The molecule has 1 amide bonds. The van der Waals surface area contributed by atoms with Gasteiger partial charge in [-0.15, -0.1) is 11.3 Å². The SMILES string of the molecule is CC(C)NC(=O)COc1ccccc1[C@@H]1C[C@]1(NS(=O)(=O)c1ccc(-c2ccc(Cl)cc2)s1)C(=O)O. The Morgan fingerprint density at radius 3 is 2.50 bits per heavy atom. The minimum atomic E-state index is -4.13. The van der Waals surface area contributed by atoms with Gasteiger partial charge in [-0.25, -0.2) is 8.42 Å². The van der Waals surface area contributed by atoms with Crippen LogP contribution in [0.15, 0.2) is 64.9 Å². The lowest BCUT2D eigenvalue weighted by Gasteiger charge is -2.17. The lowest BCUT2D eigenvalue weighted by atomic mass is 10.1. The zero-order valence-corrected chi connectivity index (χ0v) is 21.9. The third kappa shape index (κ3) is 5.57. The summed E-state index contributed by atoms with van der Waals surface area (Å²) < 4.78 is 34.5. The normalized spacial score (nSPS) is 19.2. The molecule has 0 radical (unpaired) electrons. The standard InChI is InChI=1S/C25H25ClN2O6S2/c1-15(2)27-22(29)14-34-20-6-4-3-5-18(20)19-13-25(19,24(30)31)28-36(32,33)23-12-11-21(35-23)16-7-9-17(26)10-8-16/h3-12,15,19,28H,13-14H2,1-2H3,(H,27,29)(H,30,31)/t19-,25+/m0/s1. The van der Waals surface area contributed by atoms with E-state index in [2.05, 4.69) is 10.0 Å².